The van der Waals surface area contributed by atoms with Crippen molar-refractivity contribution in [2.24, 2.45) is 0 Å². The summed E-state index contributed by atoms with van der Waals surface area (Å²) in [5.74, 6) is -0.586. The second-order valence-corrected chi connectivity index (χ2v) is 4.79. The molecule has 102 valence electrons. The predicted molar refractivity (Wildman–Crippen MR) is 69.4 cm³/mol. The van der Waals surface area contributed by atoms with Crippen LogP contribution in [0.2, 0.25) is 0 Å². The quantitative estimate of drug-likeness (QED) is 0.904. The summed E-state index contributed by atoms with van der Waals surface area (Å²) >= 11 is 3.25. The number of carboxylic acid groups (broad SMARTS) is 1. The third-order valence-electron chi connectivity index (χ3n) is 3.30. The van der Waals surface area contributed by atoms with E-state index in [0.29, 0.717) is 28.9 Å². The van der Waals surface area contributed by atoms with Gasteiger partial charge in [-0.1, -0.05) is 13.8 Å². The van der Waals surface area contributed by atoms with Crippen LogP contribution in [0.25, 0.3) is 11.4 Å². The largest absolute Gasteiger partial charge is 0.479 e. The molecule has 0 radical (unpaired) electrons. The van der Waals surface area contributed by atoms with Crippen molar-refractivity contribution in [3.63, 3.8) is 0 Å². The molecule has 0 aliphatic heterocycles. The van der Waals surface area contributed by atoms with Gasteiger partial charge < -0.3 is 9.52 Å². The summed E-state index contributed by atoms with van der Waals surface area (Å²) < 4.78 is 6.96. The van der Waals surface area contributed by atoms with Gasteiger partial charge in [-0.25, -0.2) is 9.48 Å². The minimum Gasteiger partial charge on any atom is -0.479 e. The van der Waals surface area contributed by atoms with Gasteiger partial charge in [0.1, 0.15) is 0 Å². The number of hydrogen-bond donors (Lipinski definition) is 1. The van der Waals surface area contributed by atoms with E-state index in [1.54, 1.807) is 19.9 Å². The summed E-state index contributed by atoms with van der Waals surface area (Å²) in [7, 11) is 0. The number of tetrazole rings is 1. The van der Waals surface area contributed by atoms with Crippen molar-refractivity contribution in [1.82, 2.24) is 20.2 Å². The van der Waals surface area contributed by atoms with Gasteiger partial charge in [0, 0.05) is 0 Å². The van der Waals surface area contributed by atoms with Gasteiger partial charge in [0.05, 0.1) is 11.8 Å². The molecule has 1 N–H and O–H groups in total. The van der Waals surface area contributed by atoms with Crippen molar-refractivity contribution in [2.75, 3.05) is 0 Å². The molecule has 0 aliphatic carbocycles. The zero-order valence-corrected chi connectivity index (χ0v) is 12.1. The van der Waals surface area contributed by atoms with Crippen LogP contribution in [0.4, 0.5) is 0 Å². The Kier molecular flexibility index (Phi) is 3.70. The minimum atomic E-state index is -1.16. The molecule has 2 rings (SSSR count). The number of hydrogen-bond acceptors (Lipinski definition) is 5. The number of rotatable bonds is 5. The lowest BCUT2D eigenvalue weighted by Gasteiger charge is -2.27. The molecular weight excluding hydrogens is 316 g/mol. The molecule has 0 bridgehead atoms. The normalized spacial score (nSPS) is 11.7. The summed E-state index contributed by atoms with van der Waals surface area (Å²) in [6, 6.07) is 1.68. The van der Waals surface area contributed by atoms with E-state index in [2.05, 4.69) is 31.5 Å². The molecule has 0 atom stereocenters. The molecule has 0 spiro atoms. The van der Waals surface area contributed by atoms with Crippen molar-refractivity contribution in [1.29, 1.82) is 0 Å². The van der Waals surface area contributed by atoms with E-state index in [-0.39, 0.29) is 0 Å². The number of nitrogens with zero attached hydrogens (tertiary/aromatic N) is 4. The first kappa shape index (κ1) is 13.7. The Hall–Kier alpha value is -1.70. The van der Waals surface area contributed by atoms with Crippen LogP contribution < -0.4 is 0 Å². The Morgan fingerprint density at radius 2 is 2.21 bits per heavy atom. The third-order valence-corrected chi connectivity index (χ3v) is 3.92. The van der Waals surface area contributed by atoms with Gasteiger partial charge in [-0.3, -0.25) is 0 Å². The molecule has 19 heavy (non-hydrogen) atoms. The molecule has 2 heterocycles. The molecule has 0 saturated heterocycles. The topological polar surface area (TPSA) is 94.0 Å². The van der Waals surface area contributed by atoms with Crippen LogP contribution >= 0.6 is 15.9 Å². The average molecular weight is 329 g/mol. The summed E-state index contributed by atoms with van der Waals surface area (Å²) in [6.45, 7) is 3.60. The highest BCUT2D eigenvalue weighted by molar-refractivity contribution is 9.10. The molecule has 0 aliphatic rings. The fourth-order valence-electron chi connectivity index (χ4n) is 2.04. The van der Waals surface area contributed by atoms with E-state index in [0.717, 1.165) is 0 Å². The van der Waals surface area contributed by atoms with Crippen LogP contribution in [-0.4, -0.2) is 31.3 Å². The zero-order chi connectivity index (χ0) is 14.0. The zero-order valence-electron chi connectivity index (χ0n) is 10.5. The van der Waals surface area contributed by atoms with Crippen LogP contribution in [-0.2, 0) is 10.3 Å². The molecule has 0 saturated carbocycles. The minimum absolute atomic E-state index is 0.367. The van der Waals surface area contributed by atoms with Gasteiger partial charge in [0.15, 0.2) is 16.0 Å². The second kappa shape index (κ2) is 5.12. The van der Waals surface area contributed by atoms with E-state index < -0.39 is 11.5 Å². The summed E-state index contributed by atoms with van der Waals surface area (Å²) in [5.41, 5.74) is -0.534. The first-order chi connectivity index (χ1) is 9.06. The van der Waals surface area contributed by atoms with Crippen LogP contribution in [0.3, 0.4) is 0 Å². The molecule has 7 nitrogen and oxygen atoms in total. The smallest absolute Gasteiger partial charge is 0.331 e. The lowest BCUT2D eigenvalue weighted by Crippen LogP contribution is -2.42. The van der Waals surface area contributed by atoms with Gasteiger partial charge in [-0.05, 0) is 45.3 Å². The van der Waals surface area contributed by atoms with Gasteiger partial charge in [-0.2, -0.15) is 0 Å². The highest BCUT2D eigenvalue weighted by Crippen LogP contribution is 2.33. The van der Waals surface area contributed by atoms with Crippen molar-refractivity contribution < 1.29 is 14.3 Å². The average Bonchev–Trinajstić information content (AvgIpc) is 3.00. The standard InChI is InChI=1S/C11H13BrN4O3/c1-3-11(4-2,10(17)18)16-9(13-14-15-16)7-5-6-19-8(7)12/h5-6H,3-4H2,1-2H3,(H,17,18). The lowest BCUT2D eigenvalue weighted by atomic mass is 9.93. The summed E-state index contributed by atoms with van der Waals surface area (Å²) in [5, 5.41) is 20.9. The molecule has 0 amide bonds. The maximum atomic E-state index is 11.6. The first-order valence-electron chi connectivity index (χ1n) is 5.82. The Morgan fingerprint density at radius 3 is 2.68 bits per heavy atom. The maximum Gasteiger partial charge on any atom is 0.331 e. The highest BCUT2D eigenvalue weighted by Gasteiger charge is 2.41. The number of furan rings is 1. The monoisotopic (exact) mass is 328 g/mol. The number of carboxylic acids is 1. The Balaban J connectivity index is 2.61. The van der Waals surface area contributed by atoms with Crippen molar-refractivity contribution >= 4 is 21.9 Å². The molecule has 0 unspecified atom stereocenters. The van der Waals surface area contributed by atoms with E-state index in [1.165, 1.54) is 10.9 Å². The molecule has 0 aromatic carbocycles. The molecule has 2 aromatic rings. The third kappa shape index (κ3) is 2.05. The predicted octanol–water partition coefficient (Wildman–Crippen LogP) is 2.30. The van der Waals surface area contributed by atoms with Crippen molar-refractivity contribution in [3.05, 3.63) is 17.0 Å². The Morgan fingerprint density at radius 1 is 1.53 bits per heavy atom. The number of aromatic nitrogens is 4. The molecule has 8 heteroatoms. The molecule has 2 aromatic heterocycles. The maximum absolute atomic E-state index is 11.6. The van der Waals surface area contributed by atoms with E-state index in [1.807, 2.05) is 0 Å². The number of carbonyl (C=O) groups is 1. The van der Waals surface area contributed by atoms with Crippen LogP contribution in [0, 0.1) is 0 Å². The lowest BCUT2D eigenvalue weighted by molar-refractivity contribution is -0.148. The van der Waals surface area contributed by atoms with E-state index in [9.17, 15) is 9.90 Å². The van der Waals surface area contributed by atoms with Gasteiger partial charge in [-0.15, -0.1) is 5.10 Å². The van der Waals surface area contributed by atoms with Crippen LogP contribution in [0.1, 0.15) is 26.7 Å². The van der Waals surface area contributed by atoms with Crippen molar-refractivity contribution in [2.45, 2.75) is 32.2 Å². The van der Waals surface area contributed by atoms with E-state index >= 15 is 0 Å². The fourth-order valence-corrected chi connectivity index (χ4v) is 2.46. The van der Waals surface area contributed by atoms with Crippen LogP contribution in [0.5, 0.6) is 0 Å². The molecule has 0 fully saturated rings. The van der Waals surface area contributed by atoms with Gasteiger partial charge in [0.2, 0.25) is 0 Å². The van der Waals surface area contributed by atoms with Crippen molar-refractivity contribution in [3.8, 4) is 11.4 Å². The highest BCUT2D eigenvalue weighted by atomic mass is 79.9. The van der Waals surface area contributed by atoms with E-state index in [4.69, 9.17) is 4.42 Å². The fraction of sp³-hybridized carbons (Fsp3) is 0.455. The summed E-state index contributed by atoms with van der Waals surface area (Å²) in [4.78, 5) is 11.6. The Labute approximate surface area is 117 Å². The van der Waals surface area contributed by atoms with Gasteiger partial charge in [0.25, 0.3) is 0 Å². The first-order valence-corrected chi connectivity index (χ1v) is 6.61. The molecular formula is C11H13BrN4O3. The second-order valence-electron chi connectivity index (χ2n) is 4.07. The summed E-state index contributed by atoms with van der Waals surface area (Å²) in [6.07, 6.45) is 2.25. The Bertz CT molecular complexity index is 588. The van der Waals surface area contributed by atoms with Crippen LogP contribution in [0.15, 0.2) is 21.4 Å². The SMILES string of the molecule is CCC(CC)(C(=O)O)n1nnnc1-c1ccoc1Br. The number of halogens is 1. The van der Waals surface area contributed by atoms with Gasteiger partial charge >= 0.3 is 5.97 Å². The number of aliphatic carboxylic acids is 1.